The zero-order chi connectivity index (χ0) is 40.7. The predicted molar refractivity (Wildman–Crippen MR) is 208 cm³/mol. The topological polar surface area (TPSA) is 195 Å². The van der Waals surface area contributed by atoms with Gasteiger partial charge in [-0.3, -0.25) is 19.1 Å². The van der Waals surface area contributed by atoms with Gasteiger partial charge in [0.25, 0.3) is 5.91 Å². The third-order valence-electron chi connectivity index (χ3n) is 11.0. The molecule has 3 N–H and O–H groups in total. The number of nitrogens with one attached hydrogen (secondary N) is 3. The average molecular weight is 797 g/mol. The lowest BCUT2D eigenvalue weighted by atomic mass is 9.88. The van der Waals surface area contributed by atoms with Gasteiger partial charge in [-0.25, -0.2) is 23.2 Å². The van der Waals surface area contributed by atoms with Crippen molar-refractivity contribution in [3.05, 3.63) is 36.0 Å². The molecule has 0 radical (unpaired) electrons. The van der Waals surface area contributed by atoms with Crippen LogP contribution in [0.5, 0.6) is 11.6 Å². The van der Waals surface area contributed by atoms with E-state index in [0.717, 1.165) is 6.42 Å². The van der Waals surface area contributed by atoms with Gasteiger partial charge in [0, 0.05) is 24.3 Å². The minimum absolute atomic E-state index is 0.0233. The summed E-state index contributed by atoms with van der Waals surface area (Å²) in [6, 6.07) is 3.16. The molecular weight excluding hydrogens is 741 g/mol. The van der Waals surface area contributed by atoms with E-state index in [9.17, 15) is 27.6 Å². The van der Waals surface area contributed by atoms with Crippen LogP contribution < -0.4 is 24.8 Å². The molecule has 1 saturated heterocycles. The summed E-state index contributed by atoms with van der Waals surface area (Å²) >= 11 is 0. The number of carbonyl (C=O) groups excluding carboxylic acids is 4. The highest BCUT2D eigenvalue weighted by molar-refractivity contribution is 7.91. The highest BCUT2D eigenvalue weighted by atomic mass is 32.2. The van der Waals surface area contributed by atoms with Gasteiger partial charge in [-0.1, -0.05) is 39.8 Å². The Kier molecular flexibility index (Phi) is 11.6. The Balaban J connectivity index is 1.37. The van der Waals surface area contributed by atoms with Gasteiger partial charge in [-0.15, -0.1) is 0 Å². The van der Waals surface area contributed by atoms with Crippen LogP contribution in [0, 0.1) is 17.8 Å². The summed E-state index contributed by atoms with van der Waals surface area (Å²) in [6.45, 7) is 13.1. The second-order valence-electron chi connectivity index (χ2n) is 17.3. The van der Waals surface area contributed by atoms with Gasteiger partial charge in [0.15, 0.2) is 0 Å². The molecule has 1 aromatic carbocycles. The second kappa shape index (κ2) is 15.8. The minimum Gasteiger partial charge on any atom is -0.497 e. The third kappa shape index (κ3) is 9.21. The SMILES string of the molecule is COc1ccc2nc(C(C)C)c(OC3CC4C(=O)NC5(C(=O)NS(=O)(=O)C6CC6)CC5C=CCCC(C)CC(C)C(NC(=O)OC(C)(C)C)C(=O)N4C3)nc2c1. The number of aromatic nitrogens is 2. The van der Waals surface area contributed by atoms with Crippen molar-refractivity contribution in [2.24, 2.45) is 17.8 Å². The average Bonchev–Trinajstić information content (AvgIpc) is 4.04. The number of sulfonamides is 1. The van der Waals surface area contributed by atoms with Crippen LogP contribution in [0.15, 0.2) is 30.4 Å². The normalized spacial score (nSPS) is 28.7. The summed E-state index contributed by atoms with van der Waals surface area (Å²) in [5.74, 6) is -1.83. The van der Waals surface area contributed by atoms with Crippen molar-refractivity contribution in [1.82, 2.24) is 30.2 Å². The van der Waals surface area contributed by atoms with Crippen LogP contribution in [0.1, 0.15) is 105 Å². The summed E-state index contributed by atoms with van der Waals surface area (Å²) in [4.78, 5) is 67.4. The summed E-state index contributed by atoms with van der Waals surface area (Å²) in [6.07, 6.45) is 5.51. The maximum absolute atomic E-state index is 14.8. The van der Waals surface area contributed by atoms with E-state index >= 15 is 0 Å². The summed E-state index contributed by atoms with van der Waals surface area (Å²) < 4.78 is 45.6. The first-order valence-corrected chi connectivity index (χ1v) is 21.2. The molecule has 7 unspecified atom stereocenters. The van der Waals surface area contributed by atoms with Crippen LogP contribution in [-0.2, 0) is 29.1 Å². The van der Waals surface area contributed by atoms with Gasteiger partial charge in [0.2, 0.25) is 27.7 Å². The van der Waals surface area contributed by atoms with E-state index in [0.29, 0.717) is 48.2 Å². The molecular formula is C40H56N6O9S. The van der Waals surface area contributed by atoms with Crippen LogP contribution in [0.2, 0.25) is 0 Å². The van der Waals surface area contributed by atoms with Crippen molar-refractivity contribution in [1.29, 1.82) is 0 Å². The van der Waals surface area contributed by atoms with E-state index in [-0.39, 0.29) is 43.0 Å². The van der Waals surface area contributed by atoms with Crippen LogP contribution in [-0.4, -0.2) is 95.3 Å². The number of fused-ring (bicyclic) bond motifs is 3. The Morgan fingerprint density at radius 2 is 1.79 bits per heavy atom. The van der Waals surface area contributed by atoms with Crippen molar-refractivity contribution in [2.45, 2.75) is 134 Å². The van der Waals surface area contributed by atoms with Crippen molar-refractivity contribution < 1.29 is 41.8 Å². The maximum atomic E-state index is 14.8. The van der Waals surface area contributed by atoms with Crippen molar-refractivity contribution in [3.8, 4) is 11.6 Å². The zero-order valence-electron chi connectivity index (χ0n) is 33.6. The molecule has 3 fully saturated rings. The highest BCUT2D eigenvalue weighted by Crippen LogP contribution is 2.46. The predicted octanol–water partition coefficient (Wildman–Crippen LogP) is 4.50. The molecule has 0 spiro atoms. The van der Waals surface area contributed by atoms with Crippen LogP contribution >= 0.6 is 0 Å². The van der Waals surface area contributed by atoms with E-state index in [1.165, 1.54) is 4.90 Å². The third-order valence-corrected chi connectivity index (χ3v) is 12.8. The van der Waals surface area contributed by atoms with E-state index in [4.69, 9.17) is 24.2 Å². The fourth-order valence-electron chi connectivity index (χ4n) is 7.71. The molecule has 4 amide bonds. The van der Waals surface area contributed by atoms with Gasteiger partial charge in [0.05, 0.1) is 29.9 Å². The Morgan fingerprint density at radius 3 is 2.45 bits per heavy atom. The van der Waals surface area contributed by atoms with E-state index in [1.54, 1.807) is 40.0 Å². The number of allylic oxidation sites excluding steroid dienone is 1. The number of rotatable bonds is 8. The monoisotopic (exact) mass is 796 g/mol. The minimum atomic E-state index is -3.91. The van der Waals surface area contributed by atoms with Gasteiger partial charge in [-0.2, -0.15) is 0 Å². The standard InChI is InChI=1S/C40H56N6O9S/c1-22(2)32-35(42-30-18-26(53-8)13-16-29(30)41-32)54-27-19-31-34(47)44-40(37(49)45-56(51,52)28-14-15-28)20-25(40)12-10-9-11-23(3)17-24(4)33(36(48)46(31)21-27)43-38(50)55-39(5,6)7/h10,12-13,16,18,22-25,27-28,31,33H,9,11,14-15,17,19-21H2,1-8H3,(H,43,50)(H,44,47)(H,45,49). The van der Waals surface area contributed by atoms with Gasteiger partial charge in [0.1, 0.15) is 40.8 Å². The summed E-state index contributed by atoms with van der Waals surface area (Å²) in [7, 11) is -2.35. The first-order valence-electron chi connectivity index (χ1n) is 19.7. The molecule has 2 aromatic rings. The Morgan fingerprint density at radius 1 is 1.05 bits per heavy atom. The van der Waals surface area contributed by atoms with Crippen molar-refractivity contribution in [2.75, 3.05) is 13.7 Å². The van der Waals surface area contributed by atoms with Crippen LogP contribution in [0.25, 0.3) is 11.0 Å². The molecule has 3 heterocycles. The summed E-state index contributed by atoms with van der Waals surface area (Å²) in [5.41, 5.74) is -0.571. The number of nitrogens with zero attached hydrogens (tertiary/aromatic N) is 3. The molecule has 6 rings (SSSR count). The molecule has 0 bridgehead atoms. The molecule has 15 nitrogen and oxygen atoms in total. The number of amides is 4. The molecule has 56 heavy (non-hydrogen) atoms. The number of hydrogen-bond acceptors (Lipinski definition) is 11. The number of alkyl carbamates (subject to hydrolysis) is 1. The second-order valence-corrected chi connectivity index (χ2v) is 19.3. The van der Waals surface area contributed by atoms with Gasteiger partial charge in [-0.05, 0) is 83.3 Å². The molecule has 7 atom stereocenters. The van der Waals surface area contributed by atoms with Crippen LogP contribution in [0.3, 0.4) is 0 Å². The highest BCUT2D eigenvalue weighted by Gasteiger charge is 2.62. The van der Waals surface area contributed by atoms with Gasteiger partial charge < -0.3 is 29.7 Å². The lowest BCUT2D eigenvalue weighted by molar-refractivity contribution is -0.142. The lowest BCUT2D eigenvalue weighted by Crippen LogP contribution is -2.59. The molecule has 4 aliphatic rings. The zero-order valence-corrected chi connectivity index (χ0v) is 34.4. The number of benzene rings is 1. The number of ether oxygens (including phenoxy) is 3. The smallest absolute Gasteiger partial charge is 0.408 e. The molecule has 1 aromatic heterocycles. The lowest BCUT2D eigenvalue weighted by Gasteiger charge is -2.33. The van der Waals surface area contributed by atoms with E-state index in [1.807, 2.05) is 39.0 Å². The Hall–Kier alpha value is -4.47. The quantitative estimate of drug-likeness (QED) is 0.319. The maximum Gasteiger partial charge on any atom is 0.408 e. The number of carbonyl (C=O) groups is 4. The first-order chi connectivity index (χ1) is 26.3. The fourth-order valence-corrected chi connectivity index (χ4v) is 9.08. The molecule has 306 valence electrons. The van der Waals surface area contributed by atoms with Crippen molar-refractivity contribution >= 4 is 44.9 Å². The fraction of sp³-hybridized carbons (Fsp3) is 0.650. The number of hydrogen-bond donors (Lipinski definition) is 3. The Labute approximate surface area is 329 Å². The van der Waals surface area contributed by atoms with E-state index < -0.39 is 74.3 Å². The van der Waals surface area contributed by atoms with Crippen molar-refractivity contribution in [3.63, 3.8) is 0 Å². The number of methoxy groups -OCH3 is 1. The molecule has 2 saturated carbocycles. The first kappa shape index (κ1) is 41.2. The summed E-state index contributed by atoms with van der Waals surface area (Å²) in [5, 5.41) is 5.08. The molecule has 16 heteroatoms. The van der Waals surface area contributed by atoms with Gasteiger partial charge >= 0.3 is 6.09 Å². The largest absolute Gasteiger partial charge is 0.497 e. The Bertz CT molecular complexity index is 1990. The molecule has 2 aliphatic heterocycles. The van der Waals surface area contributed by atoms with E-state index in [2.05, 4.69) is 22.3 Å². The van der Waals surface area contributed by atoms with Crippen LogP contribution in [0.4, 0.5) is 4.79 Å². The molecule has 2 aliphatic carbocycles.